The van der Waals surface area contributed by atoms with Crippen LogP contribution < -0.4 is 10.2 Å². The zero-order valence-electron chi connectivity index (χ0n) is 16.8. The zero-order valence-corrected chi connectivity index (χ0v) is 17.6. The third kappa shape index (κ3) is 4.93. The van der Waals surface area contributed by atoms with E-state index in [0.29, 0.717) is 38.0 Å². The maximum Gasteiger partial charge on any atom is 0.311 e. The predicted octanol–water partition coefficient (Wildman–Crippen LogP) is 1.33. The molecule has 2 aliphatic heterocycles. The molecule has 0 bridgehead atoms. The molecule has 156 valence electrons. The number of hydrogen-bond donors (Lipinski definition) is 1. The highest BCUT2D eigenvalue weighted by molar-refractivity contribution is 8.00. The monoisotopic (exact) mass is 416 g/mol. The van der Waals surface area contributed by atoms with Crippen LogP contribution in [0, 0.1) is 0 Å². The van der Waals surface area contributed by atoms with Gasteiger partial charge in [0.05, 0.1) is 12.2 Å². The Kier molecular flexibility index (Phi) is 6.10. The number of nitrogens with zero attached hydrogens (tertiary/aromatic N) is 3. The first-order chi connectivity index (χ1) is 14.0. The molecule has 2 heterocycles. The average Bonchev–Trinajstić information content (AvgIpc) is 3.54. The van der Waals surface area contributed by atoms with Gasteiger partial charge in [0.2, 0.25) is 5.91 Å². The highest BCUT2D eigenvalue weighted by atomic mass is 32.2. The molecule has 0 radical (unpaired) electrons. The van der Waals surface area contributed by atoms with Crippen LogP contribution in [0.2, 0.25) is 0 Å². The van der Waals surface area contributed by atoms with Crippen LogP contribution in [0.1, 0.15) is 26.2 Å². The number of carbonyl (C=O) groups excluding carboxylic acids is 3. The SMILES string of the molecule is CC1CCN(C(=O)CN2CCN(C(=O)C(=O)NC3CC3)CC2)c2ccccc2S1. The molecule has 1 saturated carbocycles. The van der Waals surface area contributed by atoms with E-state index < -0.39 is 11.8 Å². The smallest absolute Gasteiger partial charge is 0.311 e. The van der Waals surface area contributed by atoms with Crippen LogP contribution in [-0.4, -0.2) is 78.1 Å². The fourth-order valence-electron chi connectivity index (χ4n) is 3.75. The summed E-state index contributed by atoms with van der Waals surface area (Å²) in [6, 6.07) is 8.28. The molecule has 1 unspecified atom stereocenters. The van der Waals surface area contributed by atoms with Crippen molar-refractivity contribution in [2.75, 3.05) is 44.2 Å². The molecule has 1 N–H and O–H groups in total. The summed E-state index contributed by atoms with van der Waals surface area (Å²) >= 11 is 1.83. The molecule has 1 aromatic carbocycles. The molecule has 3 aliphatic rings. The van der Waals surface area contributed by atoms with Crippen molar-refractivity contribution < 1.29 is 14.4 Å². The van der Waals surface area contributed by atoms with Crippen LogP contribution in [0.3, 0.4) is 0 Å². The van der Waals surface area contributed by atoms with Gasteiger partial charge in [-0.2, -0.15) is 0 Å². The summed E-state index contributed by atoms with van der Waals surface area (Å²) in [6.45, 7) is 5.43. The second kappa shape index (κ2) is 8.75. The predicted molar refractivity (Wildman–Crippen MR) is 113 cm³/mol. The largest absolute Gasteiger partial charge is 0.345 e. The zero-order chi connectivity index (χ0) is 20.4. The number of thioether (sulfide) groups is 1. The van der Waals surface area contributed by atoms with Crippen LogP contribution in [0.25, 0.3) is 0 Å². The molecule has 29 heavy (non-hydrogen) atoms. The van der Waals surface area contributed by atoms with Crippen molar-refractivity contribution >= 4 is 35.2 Å². The van der Waals surface area contributed by atoms with Gasteiger partial charge in [-0.15, -0.1) is 11.8 Å². The lowest BCUT2D eigenvalue weighted by Crippen LogP contribution is -2.54. The van der Waals surface area contributed by atoms with Crippen molar-refractivity contribution in [3.63, 3.8) is 0 Å². The van der Waals surface area contributed by atoms with Crippen LogP contribution in [0.15, 0.2) is 29.2 Å². The number of fused-ring (bicyclic) bond motifs is 1. The number of benzene rings is 1. The van der Waals surface area contributed by atoms with Crippen molar-refractivity contribution in [3.8, 4) is 0 Å². The van der Waals surface area contributed by atoms with Gasteiger partial charge in [0.1, 0.15) is 0 Å². The second-order valence-corrected chi connectivity index (χ2v) is 9.53. The molecule has 0 aromatic heterocycles. The molecule has 1 atom stereocenters. The van der Waals surface area contributed by atoms with E-state index in [4.69, 9.17) is 0 Å². The van der Waals surface area contributed by atoms with Gasteiger partial charge < -0.3 is 15.1 Å². The van der Waals surface area contributed by atoms with E-state index in [1.165, 1.54) is 0 Å². The maximum absolute atomic E-state index is 13.1. The fourth-order valence-corrected chi connectivity index (χ4v) is 4.86. The number of piperazine rings is 1. The average molecular weight is 417 g/mol. The van der Waals surface area contributed by atoms with Crippen LogP contribution >= 0.6 is 11.8 Å². The number of amides is 3. The maximum atomic E-state index is 13.1. The Balaban J connectivity index is 1.32. The van der Waals surface area contributed by atoms with E-state index >= 15 is 0 Å². The van der Waals surface area contributed by atoms with Gasteiger partial charge in [0.25, 0.3) is 0 Å². The molecule has 7 nitrogen and oxygen atoms in total. The molecular formula is C21H28N4O3S. The van der Waals surface area contributed by atoms with Crippen LogP contribution in [-0.2, 0) is 14.4 Å². The highest BCUT2D eigenvalue weighted by Crippen LogP contribution is 2.37. The Morgan fingerprint density at radius 1 is 1.03 bits per heavy atom. The van der Waals surface area contributed by atoms with Gasteiger partial charge in [0.15, 0.2) is 0 Å². The van der Waals surface area contributed by atoms with Gasteiger partial charge in [-0.05, 0) is 31.4 Å². The van der Waals surface area contributed by atoms with Crippen molar-refractivity contribution in [1.29, 1.82) is 0 Å². The minimum atomic E-state index is -0.496. The minimum absolute atomic E-state index is 0.0957. The van der Waals surface area contributed by atoms with Crippen LogP contribution in [0.4, 0.5) is 5.69 Å². The summed E-state index contributed by atoms with van der Waals surface area (Å²) in [6.07, 6.45) is 2.89. The molecular weight excluding hydrogens is 388 g/mol. The van der Waals surface area contributed by atoms with Crippen molar-refractivity contribution in [1.82, 2.24) is 15.1 Å². The number of nitrogens with one attached hydrogen (secondary N) is 1. The van der Waals surface area contributed by atoms with E-state index in [1.54, 1.807) is 4.90 Å². The van der Waals surface area contributed by atoms with E-state index in [1.807, 2.05) is 34.9 Å². The van der Waals surface area contributed by atoms with Crippen molar-refractivity contribution in [2.24, 2.45) is 0 Å². The van der Waals surface area contributed by atoms with Gasteiger partial charge in [0, 0.05) is 48.9 Å². The van der Waals surface area contributed by atoms with Crippen molar-refractivity contribution in [3.05, 3.63) is 24.3 Å². The first-order valence-electron chi connectivity index (χ1n) is 10.4. The molecule has 1 aliphatic carbocycles. The summed E-state index contributed by atoms with van der Waals surface area (Å²) in [5.74, 6) is -0.849. The highest BCUT2D eigenvalue weighted by Gasteiger charge is 2.32. The second-order valence-electron chi connectivity index (χ2n) is 8.05. The Bertz CT molecular complexity index is 790. The summed E-state index contributed by atoms with van der Waals surface area (Å²) in [5, 5.41) is 3.23. The third-order valence-corrected chi connectivity index (χ3v) is 6.91. The van der Waals surface area contributed by atoms with E-state index in [2.05, 4.69) is 23.2 Å². The molecule has 0 spiro atoms. The van der Waals surface area contributed by atoms with Gasteiger partial charge in [-0.3, -0.25) is 19.3 Å². The van der Waals surface area contributed by atoms with E-state index in [9.17, 15) is 14.4 Å². The lowest BCUT2D eigenvalue weighted by Gasteiger charge is -2.35. The Hall–Kier alpha value is -2.06. The quantitative estimate of drug-likeness (QED) is 0.753. The molecule has 8 heteroatoms. The Morgan fingerprint density at radius 3 is 2.48 bits per heavy atom. The summed E-state index contributed by atoms with van der Waals surface area (Å²) < 4.78 is 0. The molecule has 3 amide bonds. The van der Waals surface area contributed by atoms with E-state index in [-0.39, 0.29) is 11.9 Å². The number of anilines is 1. The van der Waals surface area contributed by atoms with E-state index in [0.717, 1.165) is 36.4 Å². The Labute approximate surface area is 175 Å². The standard InChI is InChI=1S/C21H28N4O3S/c1-15-8-9-25(17-4-2-3-5-18(17)29-15)19(26)14-23-10-12-24(13-11-23)21(28)20(27)22-16-6-7-16/h2-5,15-16H,6-14H2,1H3,(H,22,27). The first kappa shape index (κ1) is 20.2. The lowest BCUT2D eigenvalue weighted by atomic mass is 10.2. The summed E-state index contributed by atoms with van der Waals surface area (Å²) in [4.78, 5) is 44.0. The van der Waals surface area contributed by atoms with Crippen molar-refractivity contribution in [2.45, 2.75) is 42.4 Å². The third-order valence-electron chi connectivity index (χ3n) is 5.67. The lowest BCUT2D eigenvalue weighted by molar-refractivity contribution is -0.147. The molecule has 4 rings (SSSR count). The van der Waals surface area contributed by atoms with Crippen LogP contribution in [0.5, 0.6) is 0 Å². The fraction of sp³-hybridized carbons (Fsp3) is 0.571. The summed E-state index contributed by atoms with van der Waals surface area (Å²) in [5.41, 5.74) is 0.998. The Morgan fingerprint density at radius 2 is 1.76 bits per heavy atom. The van der Waals surface area contributed by atoms with Gasteiger partial charge >= 0.3 is 11.8 Å². The summed E-state index contributed by atoms with van der Waals surface area (Å²) in [7, 11) is 0. The number of carbonyl (C=O) groups is 3. The molecule has 1 aromatic rings. The van der Waals surface area contributed by atoms with Gasteiger partial charge in [-0.1, -0.05) is 19.1 Å². The van der Waals surface area contributed by atoms with Gasteiger partial charge in [-0.25, -0.2) is 0 Å². The minimum Gasteiger partial charge on any atom is -0.345 e. The number of para-hydroxylation sites is 1. The topological polar surface area (TPSA) is 73.0 Å². The normalized spacial score (nSPS) is 22.6. The number of hydrogen-bond acceptors (Lipinski definition) is 5. The molecule has 1 saturated heterocycles. The number of rotatable bonds is 3. The first-order valence-corrected chi connectivity index (χ1v) is 11.3. The molecule has 2 fully saturated rings.